The molecule has 0 aliphatic heterocycles. The maximum absolute atomic E-state index is 9.14. The van der Waals surface area contributed by atoms with Gasteiger partial charge >= 0.3 is 0 Å². The summed E-state index contributed by atoms with van der Waals surface area (Å²) < 4.78 is 1.84. The Labute approximate surface area is 78.4 Å². The molecule has 0 radical (unpaired) electrons. The molecule has 0 spiro atoms. The fourth-order valence-corrected chi connectivity index (χ4v) is 1.03. The van der Waals surface area contributed by atoms with E-state index in [-0.39, 0.29) is 5.75 Å². The molecule has 3 heteroatoms. The van der Waals surface area contributed by atoms with Crippen LogP contribution in [0.2, 0.25) is 0 Å². The van der Waals surface area contributed by atoms with Gasteiger partial charge in [0.25, 0.3) is 0 Å². The van der Waals surface area contributed by atoms with Crippen molar-refractivity contribution in [3.63, 3.8) is 0 Å². The number of aryl methyl sites for hydroxylation is 1. The minimum atomic E-state index is 0.273. The van der Waals surface area contributed by atoms with Crippen molar-refractivity contribution in [3.05, 3.63) is 24.0 Å². The van der Waals surface area contributed by atoms with E-state index in [0.29, 0.717) is 0 Å². The van der Waals surface area contributed by atoms with E-state index >= 15 is 0 Å². The summed E-state index contributed by atoms with van der Waals surface area (Å²) in [5.41, 5.74) is 0.992. The number of hydrogen-bond donors (Lipinski definition) is 1. The lowest BCUT2D eigenvalue weighted by Gasteiger charge is -1.93. The Kier molecular flexibility index (Phi) is 3.43. The van der Waals surface area contributed by atoms with Crippen molar-refractivity contribution in [2.75, 3.05) is 6.54 Å². The summed E-state index contributed by atoms with van der Waals surface area (Å²) in [5.74, 6) is 0.273. The Balaban J connectivity index is 2.77. The number of pyridine rings is 1. The van der Waals surface area contributed by atoms with E-state index in [4.69, 9.17) is 5.11 Å². The molecule has 0 aromatic carbocycles. The van der Waals surface area contributed by atoms with Crippen molar-refractivity contribution in [2.24, 2.45) is 12.0 Å². The fraction of sp³-hybridized carbons (Fsp3) is 0.400. The second-order valence-electron chi connectivity index (χ2n) is 2.96. The molecule has 13 heavy (non-hydrogen) atoms. The molecule has 70 valence electrons. The summed E-state index contributed by atoms with van der Waals surface area (Å²) >= 11 is 0. The molecule has 0 aliphatic carbocycles. The van der Waals surface area contributed by atoms with Gasteiger partial charge in [-0.1, -0.05) is 6.92 Å². The van der Waals surface area contributed by atoms with Crippen LogP contribution in [0.3, 0.4) is 0 Å². The average Bonchev–Trinajstić information content (AvgIpc) is 2.09. The van der Waals surface area contributed by atoms with Gasteiger partial charge in [0.1, 0.15) is 7.05 Å². The van der Waals surface area contributed by atoms with Crippen LogP contribution < -0.4 is 4.57 Å². The predicted octanol–water partition coefficient (Wildman–Crippen LogP) is 1.05. The lowest BCUT2D eigenvalue weighted by molar-refractivity contribution is -0.672. The number of hydrogen-bond acceptors (Lipinski definition) is 2. The molecule has 0 atom stereocenters. The molecule has 0 fully saturated rings. The van der Waals surface area contributed by atoms with Crippen LogP contribution in [0.5, 0.6) is 5.75 Å². The van der Waals surface area contributed by atoms with Crippen LogP contribution in [0, 0.1) is 0 Å². The molecule has 1 heterocycles. The molecular weight excluding hydrogens is 164 g/mol. The quantitative estimate of drug-likeness (QED) is 0.546. The van der Waals surface area contributed by atoms with Gasteiger partial charge in [-0.05, 0) is 12.5 Å². The number of aromatic hydroxyl groups is 1. The van der Waals surface area contributed by atoms with Crippen LogP contribution in [0.15, 0.2) is 23.3 Å². The Morgan fingerprint density at radius 1 is 1.54 bits per heavy atom. The highest BCUT2D eigenvalue weighted by molar-refractivity contribution is 5.74. The van der Waals surface area contributed by atoms with Gasteiger partial charge in [-0.15, -0.1) is 0 Å². The number of rotatable bonds is 3. The smallest absolute Gasteiger partial charge is 0.223 e. The van der Waals surface area contributed by atoms with Crippen molar-refractivity contribution in [2.45, 2.75) is 13.3 Å². The topological polar surface area (TPSA) is 36.5 Å². The molecule has 0 amide bonds. The van der Waals surface area contributed by atoms with Gasteiger partial charge in [-0.3, -0.25) is 4.99 Å². The summed E-state index contributed by atoms with van der Waals surface area (Å²) in [7, 11) is 1.88. The second-order valence-corrected chi connectivity index (χ2v) is 2.96. The number of aromatic nitrogens is 1. The highest BCUT2D eigenvalue weighted by Crippen LogP contribution is 2.02. The molecule has 3 nitrogen and oxygen atoms in total. The number of aliphatic imine (C=N–C) groups is 1. The van der Waals surface area contributed by atoms with Crippen molar-refractivity contribution in [1.82, 2.24) is 0 Å². The van der Waals surface area contributed by atoms with Gasteiger partial charge in [0.15, 0.2) is 5.75 Å². The van der Waals surface area contributed by atoms with Gasteiger partial charge < -0.3 is 5.11 Å². The predicted molar refractivity (Wildman–Crippen MR) is 52.0 cm³/mol. The molecule has 0 unspecified atom stereocenters. The molecule has 1 N–H and O–H groups in total. The van der Waals surface area contributed by atoms with E-state index in [1.165, 1.54) is 0 Å². The van der Waals surface area contributed by atoms with E-state index in [9.17, 15) is 0 Å². The Morgan fingerprint density at radius 3 is 2.92 bits per heavy atom. The number of nitrogens with zero attached hydrogens (tertiary/aromatic N) is 2. The molecule has 1 rings (SSSR count). The zero-order chi connectivity index (χ0) is 9.68. The lowest BCUT2D eigenvalue weighted by Crippen LogP contribution is -2.32. The van der Waals surface area contributed by atoms with Crippen LogP contribution in [-0.2, 0) is 7.05 Å². The molecular formula is C10H15N2O+. The molecule has 0 aliphatic rings. The van der Waals surface area contributed by atoms with Crippen molar-refractivity contribution < 1.29 is 9.67 Å². The Morgan fingerprint density at radius 2 is 2.31 bits per heavy atom. The first-order valence-corrected chi connectivity index (χ1v) is 4.42. The first kappa shape index (κ1) is 9.71. The van der Waals surface area contributed by atoms with Gasteiger partial charge in [-0.2, -0.15) is 4.57 Å². The highest BCUT2D eigenvalue weighted by Gasteiger charge is 2.02. The standard InChI is InChI=1S/C10H14N2O/c1-3-6-11-7-9-4-5-10(13)8-12(9)2/h4-5,7-8H,3,6H2,1-2H3/p+1. The summed E-state index contributed by atoms with van der Waals surface area (Å²) in [4.78, 5) is 4.22. The normalized spacial score (nSPS) is 10.9. The fourth-order valence-electron chi connectivity index (χ4n) is 1.03. The Hall–Kier alpha value is -1.38. The minimum absolute atomic E-state index is 0.273. The maximum atomic E-state index is 9.14. The van der Waals surface area contributed by atoms with Crippen molar-refractivity contribution >= 4 is 6.21 Å². The summed E-state index contributed by atoms with van der Waals surface area (Å²) in [6, 6.07) is 3.50. The van der Waals surface area contributed by atoms with Crippen LogP contribution >= 0.6 is 0 Å². The molecule has 0 saturated heterocycles. The highest BCUT2D eigenvalue weighted by atomic mass is 16.3. The van der Waals surface area contributed by atoms with E-state index in [1.54, 1.807) is 12.3 Å². The van der Waals surface area contributed by atoms with Gasteiger partial charge in [0, 0.05) is 12.6 Å². The largest absolute Gasteiger partial charge is 0.503 e. The van der Waals surface area contributed by atoms with Crippen molar-refractivity contribution in [1.29, 1.82) is 0 Å². The third kappa shape index (κ3) is 2.86. The molecule has 1 aromatic rings. The first-order valence-electron chi connectivity index (χ1n) is 4.42. The summed E-state index contributed by atoms with van der Waals surface area (Å²) in [6.45, 7) is 2.94. The molecule has 1 aromatic heterocycles. The second kappa shape index (κ2) is 4.60. The van der Waals surface area contributed by atoms with E-state index in [2.05, 4.69) is 11.9 Å². The first-order chi connectivity index (χ1) is 6.24. The maximum Gasteiger partial charge on any atom is 0.223 e. The SMILES string of the molecule is CCCN=Cc1ccc(O)c[n+]1C. The van der Waals surface area contributed by atoms with E-state index < -0.39 is 0 Å². The van der Waals surface area contributed by atoms with Gasteiger partial charge in [0.05, 0.1) is 6.21 Å². The molecule has 0 saturated carbocycles. The van der Waals surface area contributed by atoms with Crippen LogP contribution in [-0.4, -0.2) is 17.9 Å². The zero-order valence-corrected chi connectivity index (χ0v) is 8.07. The van der Waals surface area contributed by atoms with E-state index in [0.717, 1.165) is 18.7 Å². The minimum Gasteiger partial charge on any atom is -0.503 e. The van der Waals surface area contributed by atoms with Crippen LogP contribution in [0.1, 0.15) is 19.0 Å². The summed E-state index contributed by atoms with van der Waals surface area (Å²) in [6.07, 6.45) is 4.54. The van der Waals surface area contributed by atoms with Gasteiger partial charge in [0.2, 0.25) is 11.9 Å². The average molecular weight is 179 g/mol. The van der Waals surface area contributed by atoms with E-state index in [1.807, 2.05) is 23.9 Å². The lowest BCUT2D eigenvalue weighted by atomic mass is 10.3. The monoisotopic (exact) mass is 179 g/mol. The van der Waals surface area contributed by atoms with Crippen LogP contribution in [0.4, 0.5) is 0 Å². The van der Waals surface area contributed by atoms with Crippen LogP contribution in [0.25, 0.3) is 0 Å². The van der Waals surface area contributed by atoms with Crippen molar-refractivity contribution in [3.8, 4) is 5.75 Å². The molecule has 0 bridgehead atoms. The Bertz CT molecular complexity index is 308. The summed E-state index contributed by atoms with van der Waals surface area (Å²) in [5, 5.41) is 9.14. The third-order valence-corrected chi connectivity index (χ3v) is 1.73. The third-order valence-electron chi connectivity index (χ3n) is 1.73. The van der Waals surface area contributed by atoms with Gasteiger partial charge in [-0.25, -0.2) is 0 Å². The zero-order valence-electron chi connectivity index (χ0n) is 8.07.